The first-order valence-corrected chi connectivity index (χ1v) is 8.08. The van der Waals surface area contributed by atoms with Crippen molar-refractivity contribution in [2.24, 2.45) is 5.73 Å². The molecule has 6 heteroatoms. The van der Waals surface area contributed by atoms with Crippen LogP contribution < -0.4 is 16.2 Å². The number of aryl methyl sites for hydroxylation is 1. The second kappa shape index (κ2) is 6.72. The molecule has 0 saturated heterocycles. The van der Waals surface area contributed by atoms with Gasteiger partial charge in [-0.2, -0.15) is 5.10 Å². The third kappa shape index (κ3) is 3.23. The number of halogens is 1. The lowest BCUT2D eigenvalue weighted by Crippen LogP contribution is -2.40. The van der Waals surface area contributed by atoms with Gasteiger partial charge >= 0.3 is 0 Å². The maximum Gasteiger partial charge on any atom is 0.283 e. The summed E-state index contributed by atoms with van der Waals surface area (Å²) in [6.07, 6.45) is 6.93. The summed E-state index contributed by atoms with van der Waals surface area (Å²) in [5, 5.41) is 4.27. The highest BCUT2D eigenvalue weighted by atomic mass is 79.9. The Morgan fingerprint density at radius 2 is 2.10 bits per heavy atom. The van der Waals surface area contributed by atoms with Crippen LogP contribution in [-0.4, -0.2) is 28.9 Å². The fourth-order valence-electron chi connectivity index (χ4n) is 2.76. The standard InChI is InChI=1S/C14H23BrN4O/c1-3-8-19-14(20)13(15)12(9-17-19)18(2)11-6-4-10(16)5-7-11/h9-11H,3-8,16H2,1-2H3. The van der Waals surface area contributed by atoms with Gasteiger partial charge in [-0.3, -0.25) is 4.79 Å². The van der Waals surface area contributed by atoms with Crippen molar-refractivity contribution in [2.75, 3.05) is 11.9 Å². The Morgan fingerprint density at radius 3 is 2.70 bits per heavy atom. The molecule has 0 bridgehead atoms. The maximum atomic E-state index is 12.2. The van der Waals surface area contributed by atoms with Crippen LogP contribution in [-0.2, 0) is 6.54 Å². The van der Waals surface area contributed by atoms with E-state index in [-0.39, 0.29) is 5.56 Å². The lowest BCUT2D eigenvalue weighted by molar-refractivity contribution is 0.384. The van der Waals surface area contributed by atoms with E-state index in [0.29, 0.717) is 23.1 Å². The molecule has 0 aliphatic heterocycles. The number of nitrogens with zero attached hydrogens (tertiary/aromatic N) is 3. The Morgan fingerprint density at radius 1 is 1.45 bits per heavy atom. The summed E-state index contributed by atoms with van der Waals surface area (Å²) in [6.45, 7) is 2.69. The number of nitrogens with two attached hydrogens (primary N) is 1. The summed E-state index contributed by atoms with van der Waals surface area (Å²) in [7, 11) is 2.03. The van der Waals surface area contributed by atoms with Gasteiger partial charge in [0.05, 0.1) is 11.9 Å². The van der Waals surface area contributed by atoms with Gasteiger partial charge in [-0.15, -0.1) is 0 Å². The largest absolute Gasteiger partial charge is 0.369 e. The summed E-state index contributed by atoms with van der Waals surface area (Å²) >= 11 is 3.44. The molecule has 20 heavy (non-hydrogen) atoms. The van der Waals surface area contributed by atoms with E-state index >= 15 is 0 Å². The summed E-state index contributed by atoms with van der Waals surface area (Å²) in [5.74, 6) is 0. The van der Waals surface area contributed by atoms with E-state index in [0.717, 1.165) is 37.8 Å². The van der Waals surface area contributed by atoms with Crippen LogP contribution >= 0.6 is 15.9 Å². The van der Waals surface area contributed by atoms with Crippen LogP contribution in [0, 0.1) is 0 Å². The average Bonchev–Trinajstić information content (AvgIpc) is 2.44. The average molecular weight is 343 g/mol. The zero-order valence-electron chi connectivity index (χ0n) is 12.2. The second-order valence-corrected chi connectivity index (χ2v) is 6.34. The summed E-state index contributed by atoms with van der Waals surface area (Å²) in [4.78, 5) is 14.4. The van der Waals surface area contributed by atoms with E-state index in [1.807, 2.05) is 14.0 Å². The van der Waals surface area contributed by atoms with Gasteiger partial charge in [0.2, 0.25) is 0 Å². The number of anilines is 1. The maximum absolute atomic E-state index is 12.2. The van der Waals surface area contributed by atoms with Gasteiger partial charge in [0.1, 0.15) is 4.47 Å². The Kier molecular flexibility index (Phi) is 5.21. The van der Waals surface area contributed by atoms with Gasteiger partial charge in [0, 0.05) is 25.7 Å². The van der Waals surface area contributed by atoms with E-state index in [9.17, 15) is 4.79 Å². The van der Waals surface area contributed by atoms with Crippen LogP contribution in [0.2, 0.25) is 0 Å². The summed E-state index contributed by atoms with van der Waals surface area (Å²) in [6, 6.07) is 0.771. The van der Waals surface area contributed by atoms with E-state index in [1.54, 1.807) is 6.20 Å². The summed E-state index contributed by atoms with van der Waals surface area (Å²) < 4.78 is 2.12. The molecule has 0 radical (unpaired) electrons. The molecule has 5 nitrogen and oxygen atoms in total. The number of aromatic nitrogens is 2. The van der Waals surface area contributed by atoms with Gasteiger partial charge < -0.3 is 10.6 Å². The third-order valence-corrected chi connectivity index (χ3v) is 4.82. The molecule has 0 spiro atoms. The van der Waals surface area contributed by atoms with Crippen LogP contribution in [0.15, 0.2) is 15.5 Å². The minimum Gasteiger partial charge on any atom is -0.369 e. The molecule has 1 aromatic rings. The quantitative estimate of drug-likeness (QED) is 0.910. The van der Waals surface area contributed by atoms with Gasteiger partial charge in [-0.25, -0.2) is 4.68 Å². The minimum absolute atomic E-state index is 0.0521. The zero-order chi connectivity index (χ0) is 14.7. The van der Waals surface area contributed by atoms with Gasteiger partial charge in [-0.05, 0) is 48.0 Å². The molecule has 112 valence electrons. The van der Waals surface area contributed by atoms with Gasteiger partial charge in [-0.1, -0.05) is 6.92 Å². The summed E-state index contributed by atoms with van der Waals surface area (Å²) in [5.41, 5.74) is 6.78. The van der Waals surface area contributed by atoms with Crippen LogP contribution in [0.25, 0.3) is 0 Å². The lowest BCUT2D eigenvalue weighted by atomic mass is 9.91. The van der Waals surface area contributed by atoms with E-state index in [4.69, 9.17) is 5.73 Å². The number of hydrogen-bond acceptors (Lipinski definition) is 4. The Labute approximate surface area is 128 Å². The Hall–Kier alpha value is -0.880. The molecule has 1 aromatic heterocycles. The first kappa shape index (κ1) is 15.5. The molecule has 1 aliphatic rings. The van der Waals surface area contributed by atoms with E-state index in [1.165, 1.54) is 4.68 Å². The SMILES string of the molecule is CCCn1ncc(N(C)C2CCC(N)CC2)c(Br)c1=O. The van der Waals surface area contributed by atoms with E-state index < -0.39 is 0 Å². The molecule has 2 rings (SSSR count). The van der Waals surface area contributed by atoms with Crippen molar-refractivity contribution in [1.29, 1.82) is 0 Å². The first-order valence-electron chi connectivity index (χ1n) is 7.28. The van der Waals surface area contributed by atoms with Crippen LogP contribution in [0.3, 0.4) is 0 Å². The second-order valence-electron chi connectivity index (χ2n) is 5.55. The van der Waals surface area contributed by atoms with Crippen molar-refractivity contribution in [1.82, 2.24) is 9.78 Å². The zero-order valence-corrected chi connectivity index (χ0v) is 13.8. The minimum atomic E-state index is -0.0521. The van der Waals surface area contributed by atoms with E-state index in [2.05, 4.69) is 25.9 Å². The molecule has 1 aliphatic carbocycles. The van der Waals surface area contributed by atoms with Crippen LogP contribution in [0.4, 0.5) is 5.69 Å². The van der Waals surface area contributed by atoms with Crippen molar-refractivity contribution < 1.29 is 0 Å². The third-order valence-electron chi connectivity index (χ3n) is 4.07. The molecule has 0 atom stereocenters. The lowest BCUT2D eigenvalue weighted by Gasteiger charge is -2.35. The van der Waals surface area contributed by atoms with Crippen LogP contribution in [0.5, 0.6) is 0 Å². The molecule has 0 unspecified atom stereocenters. The van der Waals surface area contributed by atoms with Crippen molar-refractivity contribution >= 4 is 21.6 Å². The normalized spacial score (nSPS) is 22.8. The smallest absolute Gasteiger partial charge is 0.283 e. The number of rotatable bonds is 4. The highest BCUT2D eigenvalue weighted by Crippen LogP contribution is 2.28. The Balaban J connectivity index is 2.20. The van der Waals surface area contributed by atoms with Crippen molar-refractivity contribution in [3.8, 4) is 0 Å². The number of hydrogen-bond donors (Lipinski definition) is 1. The monoisotopic (exact) mass is 342 g/mol. The highest BCUT2D eigenvalue weighted by molar-refractivity contribution is 9.10. The van der Waals surface area contributed by atoms with Crippen molar-refractivity contribution in [3.63, 3.8) is 0 Å². The van der Waals surface area contributed by atoms with Crippen molar-refractivity contribution in [2.45, 2.75) is 57.7 Å². The highest BCUT2D eigenvalue weighted by Gasteiger charge is 2.24. The first-order chi connectivity index (χ1) is 9.54. The van der Waals surface area contributed by atoms with Gasteiger partial charge in [0.15, 0.2) is 0 Å². The fourth-order valence-corrected chi connectivity index (χ4v) is 3.35. The molecular weight excluding hydrogens is 320 g/mol. The predicted molar refractivity (Wildman–Crippen MR) is 85.1 cm³/mol. The van der Waals surface area contributed by atoms with Crippen molar-refractivity contribution in [3.05, 3.63) is 21.0 Å². The molecular formula is C14H23BrN4O. The molecule has 1 saturated carbocycles. The molecule has 0 amide bonds. The van der Waals surface area contributed by atoms with Gasteiger partial charge in [0.25, 0.3) is 5.56 Å². The van der Waals surface area contributed by atoms with Crippen LogP contribution in [0.1, 0.15) is 39.0 Å². The fraction of sp³-hybridized carbons (Fsp3) is 0.714. The molecule has 1 fully saturated rings. The molecule has 1 heterocycles. The molecule has 0 aromatic carbocycles. The Bertz CT molecular complexity index is 508. The predicted octanol–water partition coefficient (Wildman–Crippen LogP) is 2.12. The molecule has 2 N–H and O–H groups in total. The topological polar surface area (TPSA) is 64.2 Å².